The van der Waals surface area contributed by atoms with Gasteiger partial charge in [-0.15, -0.1) is 11.8 Å². The smallest absolute Gasteiger partial charge is 0.272 e. The van der Waals surface area contributed by atoms with Crippen molar-refractivity contribution >= 4 is 64.4 Å². The molecule has 0 bridgehead atoms. The van der Waals surface area contributed by atoms with Gasteiger partial charge in [-0.05, 0) is 103 Å². The maximum Gasteiger partial charge on any atom is 0.272 e. The summed E-state index contributed by atoms with van der Waals surface area (Å²) >= 11 is 7.17. The van der Waals surface area contributed by atoms with Crippen molar-refractivity contribution in [3.05, 3.63) is 143 Å². The van der Waals surface area contributed by atoms with Crippen molar-refractivity contribution in [2.75, 3.05) is 17.0 Å². The maximum atomic E-state index is 13.6. The molecule has 12 heteroatoms. The number of anilines is 2. The summed E-state index contributed by atoms with van der Waals surface area (Å²) in [5, 5.41) is 5.50. The number of fused-ring (bicyclic) bond motifs is 1. The summed E-state index contributed by atoms with van der Waals surface area (Å²) in [5.74, 6) is 0.568. The van der Waals surface area contributed by atoms with Crippen molar-refractivity contribution < 1.29 is 33.4 Å². The summed E-state index contributed by atoms with van der Waals surface area (Å²) in [6.07, 6.45) is 1.56. The van der Waals surface area contributed by atoms with E-state index in [1.807, 2.05) is 0 Å². The Morgan fingerprint density at radius 1 is 0.824 bits per heavy atom. The zero-order valence-corrected chi connectivity index (χ0v) is 28.3. The molecule has 254 valence electrons. The van der Waals surface area contributed by atoms with Gasteiger partial charge in [0, 0.05) is 27.6 Å². The SMILES string of the molecule is O=C(Nc1cccc(SC2CC(=O)N(c3ccc(Oc4ccc(Cl)cc4)cc3)C2=O)c1)/C(=C/c1ccc2c(c1)OCO2)NC(=O)c1ccccc1. The number of ether oxygens (including phenoxy) is 3. The molecule has 1 unspecified atom stereocenters. The number of halogens is 1. The van der Waals surface area contributed by atoms with Gasteiger partial charge in [-0.25, -0.2) is 4.90 Å². The number of thioether (sulfide) groups is 1. The number of hydrogen-bond donors (Lipinski definition) is 2. The van der Waals surface area contributed by atoms with Crippen LogP contribution in [0.1, 0.15) is 22.3 Å². The molecule has 0 saturated carbocycles. The summed E-state index contributed by atoms with van der Waals surface area (Å²) in [5.41, 5.74) is 1.86. The molecule has 51 heavy (non-hydrogen) atoms. The average Bonchev–Trinajstić information content (AvgIpc) is 3.72. The minimum atomic E-state index is -0.667. The zero-order chi connectivity index (χ0) is 35.3. The van der Waals surface area contributed by atoms with Gasteiger partial charge in [-0.3, -0.25) is 19.2 Å². The molecule has 7 rings (SSSR count). The third kappa shape index (κ3) is 7.90. The highest BCUT2D eigenvalue weighted by Gasteiger charge is 2.40. The van der Waals surface area contributed by atoms with Crippen LogP contribution < -0.4 is 29.7 Å². The Kier molecular flexibility index (Phi) is 9.73. The van der Waals surface area contributed by atoms with Gasteiger partial charge in [0.15, 0.2) is 11.5 Å². The van der Waals surface area contributed by atoms with Crippen molar-refractivity contribution in [3.63, 3.8) is 0 Å². The molecule has 1 saturated heterocycles. The summed E-state index contributed by atoms with van der Waals surface area (Å²) in [7, 11) is 0. The first-order valence-electron chi connectivity index (χ1n) is 15.8. The summed E-state index contributed by atoms with van der Waals surface area (Å²) in [6, 6.07) is 34.3. The lowest BCUT2D eigenvalue weighted by atomic mass is 10.1. The van der Waals surface area contributed by atoms with E-state index in [1.165, 1.54) is 16.7 Å². The van der Waals surface area contributed by atoms with Gasteiger partial charge in [0.1, 0.15) is 17.2 Å². The van der Waals surface area contributed by atoms with E-state index in [0.717, 1.165) is 0 Å². The molecule has 5 aromatic carbocycles. The van der Waals surface area contributed by atoms with E-state index in [2.05, 4.69) is 10.6 Å². The largest absolute Gasteiger partial charge is 0.457 e. The highest BCUT2D eigenvalue weighted by Crippen LogP contribution is 2.36. The second kappa shape index (κ2) is 14.8. The number of nitrogens with one attached hydrogen (secondary N) is 2. The van der Waals surface area contributed by atoms with E-state index in [9.17, 15) is 19.2 Å². The van der Waals surface area contributed by atoms with E-state index in [-0.39, 0.29) is 30.7 Å². The molecule has 4 amide bonds. The first-order valence-corrected chi connectivity index (χ1v) is 17.0. The van der Waals surface area contributed by atoms with Crippen LogP contribution in [-0.2, 0) is 14.4 Å². The molecule has 5 aromatic rings. The monoisotopic (exact) mass is 717 g/mol. The van der Waals surface area contributed by atoms with E-state index in [1.54, 1.807) is 127 Å². The number of nitrogens with zero attached hydrogens (tertiary/aromatic N) is 1. The van der Waals surface area contributed by atoms with Crippen molar-refractivity contribution in [1.29, 1.82) is 0 Å². The maximum absolute atomic E-state index is 13.6. The van der Waals surface area contributed by atoms with Crippen LogP contribution >= 0.6 is 23.4 Å². The summed E-state index contributed by atoms with van der Waals surface area (Å²) in [6.45, 7) is 0.0992. The molecular weight excluding hydrogens is 690 g/mol. The second-order valence-electron chi connectivity index (χ2n) is 11.4. The van der Waals surface area contributed by atoms with Gasteiger partial charge >= 0.3 is 0 Å². The second-order valence-corrected chi connectivity index (χ2v) is 13.1. The molecule has 0 radical (unpaired) electrons. The fourth-order valence-electron chi connectivity index (χ4n) is 5.39. The Morgan fingerprint density at radius 3 is 2.31 bits per heavy atom. The predicted molar refractivity (Wildman–Crippen MR) is 194 cm³/mol. The zero-order valence-electron chi connectivity index (χ0n) is 26.7. The van der Waals surface area contributed by atoms with E-state index in [0.29, 0.717) is 55.4 Å². The van der Waals surface area contributed by atoms with Crippen LogP contribution in [0, 0.1) is 0 Å². The molecule has 1 fully saturated rings. The fraction of sp³-hybridized carbons (Fsp3) is 0.0769. The Labute approximate surface area is 302 Å². The third-order valence-corrected chi connectivity index (χ3v) is 9.29. The topological polar surface area (TPSA) is 123 Å². The first-order chi connectivity index (χ1) is 24.8. The highest BCUT2D eigenvalue weighted by molar-refractivity contribution is 8.00. The number of hydrogen-bond acceptors (Lipinski definition) is 8. The third-order valence-electron chi connectivity index (χ3n) is 7.86. The molecule has 1 atom stereocenters. The van der Waals surface area contributed by atoms with Crippen LogP contribution in [0.25, 0.3) is 6.08 Å². The lowest BCUT2D eigenvalue weighted by Crippen LogP contribution is -2.31. The molecule has 2 N–H and O–H groups in total. The lowest BCUT2D eigenvalue weighted by molar-refractivity contribution is -0.121. The molecule has 0 aromatic heterocycles. The number of imide groups is 1. The molecule has 2 heterocycles. The quantitative estimate of drug-likeness (QED) is 0.111. The number of carbonyl (C=O) groups is 4. The van der Waals surface area contributed by atoms with Gasteiger partial charge in [0.25, 0.3) is 11.8 Å². The highest BCUT2D eigenvalue weighted by atomic mass is 35.5. The van der Waals surface area contributed by atoms with E-state index >= 15 is 0 Å². The van der Waals surface area contributed by atoms with Gasteiger partial charge in [0.2, 0.25) is 18.6 Å². The number of benzene rings is 5. The number of carbonyl (C=O) groups excluding carboxylic acids is 4. The number of rotatable bonds is 10. The van der Waals surface area contributed by atoms with E-state index < -0.39 is 17.1 Å². The molecular formula is C39H28ClN3O7S. The van der Waals surface area contributed by atoms with Gasteiger partial charge < -0.3 is 24.8 Å². The van der Waals surface area contributed by atoms with Crippen molar-refractivity contribution in [2.45, 2.75) is 16.6 Å². The van der Waals surface area contributed by atoms with Crippen LogP contribution in [0.5, 0.6) is 23.0 Å². The van der Waals surface area contributed by atoms with Crippen molar-refractivity contribution in [1.82, 2.24) is 5.32 Å². The summed E-state index contributed by atoms with van der Waals surface area (Å²) in [4.78, 5) is 55.0. The van der Waals surface area contributed by atoms with Crippen LogP contribution in [0.15, 0.2) is 132 Å². The Morgan fingerprint density at radius 2 is 1.55 bits per heavy atom. The Bertz CT molecular complexity index is 2160. The first kappa shape index (κ1) is 33.5. The van der Waals surface area contributed by atoms with Crippen LogP contribution in [0.2, 0.25) is 5.02 Å². The Hall–Kier alpha value is -6.04. The molecule has 0 spiro atoms. The van der Waals surface area contributed by atoms with Crippen LogP contribution in [0.4, 0.5) is 11.4 Å². The molecule has 0 aliphatic carbocycles. The van der Waals surface area contributed by atoms with Crippen molar-refractivity contribution in [2.24, 2.45) is 0 Å². The predicted octanol–water partition coefficient (Wildman–Crippen LogP) is 7.69. The molecule has 10 nitrogen and oxygen atoms in total. The average molecular weight is 718 g/mol. The number of amides is 4. The minimum Gasteiger partial charge on any atom is -0.457 e. The van der Waals surface area contributed by atoms with Gasteiger partial charge in [0.05, 0.1) is 10.9 Å². The normalized spacial score (nSPS) is 15.1. The van der Waals surface area contributed by atoms with Crippen LogP contribution in [-0.4, -0.2) is 35.7 Å². The van der Waals surface area contributed by atoms with E-state index in [4.69, 9.17) is 25.8 Å². The van der Waals surface area contributed by atoms with Gasteiger partial charge in [-0.1, -0.05) is 41.9 Å². The van der Waals surface area contributed by atoms with Gasteiger partial charge in [-0.2, -0.15) is 0 Å². The molecule has 2 aliphatic rings. The van der Waals surface area contributed by atoms with Crippen LogP contribution in [0.3, 0.4) is 0 Å². The summed E-state index contributed by atoms with van der Waals surface area (Å²) < 4.78 is 16.7. The molecule has 2 aliphatic heterocycles. The minimum absolute atomic E-state index is 0.00225. The lowest BCUT2D eigenvalue weighted by Gasteiger charge is -2.16. The fourth-order valence-corrected chi connectivity index (χ4v) is 6.63. The van der Waals surface area contributed by atoms with Crippen molar-refractivity contribution in [3.8, 4) is 23.0 Å². The Balaban J connectivity index is 1.04. The standard InChI is InChI=1S/C39H28ClN3O7S/c40-26-10-14-29(15-11-26)50-30-16-12-28(13-17-30)43-36(44)22-35(39(43)47)51-31-8-4-7-27(21-31)41-38(46)32(42-37(45)25-5-2-1-3-6-25)19-24-9-18-33-34(20-24)49-23-48-33/h1-21,35H,22-23H2,(H,41,46)(H,42,45)/b32-19-.